The number of amides is 1. The average Bonchev–Trinajstić information content (AvgIpc) is 3.28. The Morgan fingerprint density at radius 3 is 2.38 bits per heavy atom. The van der Waals surface area contributed by atoms with E-state index in [2.05, 4.69) is 53.4 Å². The third-order valence-corrected chi connectivity index (χ3v) is 8.20. The van der Waals surface area contributed by atoms with E-state index < -0.39 is 0 Å². The fourth-order valence-electron chi connectivity index (χ4n) is 6.37. The molecule has 3 aliphatic rings. The van der Waals surface area contributed by atoms with E-state index in [0.29, 0.717) is 17.4 Å². The van der Waals surface area contributed by atoms with Gasteiger partial charge in [0.15, 0.2) is 0 Å². The van der Waals surface area contributed by atoms with E-state index in [1.54, 1.807) is 5.56 Å². The molecule has 170 valence electrons. The number of hydrogen-bond acceptors (Lipinski definition) is 3. The minimum atomic E-state index is 0.0109. The molecule has 1 unspecified atom stereocenters. The second-order valence-corrected chi connectivity index (χ2v) is 10.5. The minimum Gasteiger partial charge on any atom is -0.293 e. The van der Waals surface area contributed by atoms with Crippen molar-refractivity contribution in [1.82, 2.24) is 15.3 Å². The second kappa shape index (κ2) is 8.99. The van der Waals surface area contributed by atoms with E-state index in [1.165, 1.54) is 50.6 Å². The van der Waals surface area contributed by atoms with Crippen LogP contribution < -0.4 is 5.43 Å². The molecule has 1 spiro atoms. The molecule has 1 N–H and O–H groups in total. The summed E-state index contributed by atoms with van der Waals surface area (Å²) in [5.74, 6) is 0.591. The Hall–Kier alpha value is -2.17. The van der Waals surface area contributed by atoms with Gasteiger partial charge >= 0.3 is 0 Å². The summed E-state index contributed by atoms with van der Waals surface area (Å²) in [6.07, 6.45) is 7.66. The van der Waals surface area contributed by atoms with Crippen LogP contribution in [0, 0.1) is 5.41 Å². The number of carbonyl (C=O) groups is 1. The summed E-state index contributed by atoms with van der Waals surface area (Å²) in [7, 11) is 0. The van der Waals surface area contributed by atoms with Gasteiger partial charge in [0.25, 0.3) is 5.91 Å². The number of hydrazine groups is 1. The molecule has 1 saturated carbocycles. The van der Waals surface area contributed by atoms with Crippen molar-refractivity contribution in [3.8, 4) is 0 Å². The molecule has 2 aromatic carbocycles. The summed E-state index contributed by atoms with van der Waals surface area (Å²) in [5, 5.41) is 2.13. The number of hydrogen-bond donors (Lipinski definition) is 1. The van der Waals surface area contributed by atoms with E-state index in [9.17, 15) is 4.79 Å². The summed E-state index contributed by atoms with van der Waals surface area (Å²) in [5.41, 5.74) is 7.44. The standard InChI is InChI=1S/C28H37N3O/c1-21(2)24-11-6-7-12-25(24)26-13-8-16-31(26)23-19-28(20-23)14-17-30(18-15-28)29-27(32)22-9-4-3-5-10-22/h3-7,9-12,21,23,26H,8,13-20H2,1-2H3,(H,29,32). The van der Waals surface area contributed by atoms with Crippen LogP contribution in [0.2, 0.25) is 0 Å². The predicted molar refractivity (Wildman–Crippen MR) is 129 cm³/mol. The van der Waals surface area contributed by atoms with Gasteiger partial charge in [-0.2, -0.15) is 0 Å². The fourth-order valence-corrected chi connectivity index (χ4v) is 6.37. The molecule has 4 nitrogen and oxygen atoms in total. The predicted octanol–water partition coefficient (Wildman–Crippen LogP) is 5.54. The van der Waals surface area contributed by atoms with Gasteiger partial charge in [-0.25, -0.2) is 5.01 Å². The lowest BCUT2D eigenvalue weighted by atomic mass is 9.60. The van der Waals surface area contributed by atoms with Gasteiger partial charge in [-0.1, -0.05) is 56.3 Å². The third-order valence-electron chi connectivity index (χ3n) is 8.20. The Morgan fingerprint density at radius 1 is 0.969 bits per heavy atom. The van der Waals surface area contributed by atoms with E-state index >= 15 is 0 Å². The first-order valence-corrected chi connectivity index (χ1v) is 12.5. The molecule has 4 heteroatoms. The van der Waals surface area contributed by atoms with Crippen LogP contribution in [0.25, 0.3) is 0 Å². The number of benzene rings is 2. The van der Waals surface area contributed by atoms with Gasteiger partial charge in [0, 0.05) is 30.7 Å². The number of rotatable bonds is 5. The van der Waals surface area contributed by atoms with Gasteiger partial charge in [0.1, 0.15) is 0 Å². The van der Waals surface area contributed by atoms with Crippen molar-refractivity contribution in [3.63, 3.8) is 0 Å². The Labute approximate surface area is 193 Å². The molecular formula is C28H37N3O. The molecule has 2 heterocycles. The van der Waals surface area contributed by atoms with Crippen LogP contribution in [0.5, 0.6) is 0 Å². The smallest absolute Gasteiger partial charge is 0.265 e. The van der Waals surface area contributed by atoms with Crippen LogP contribution >= 0.6 is 0 Å². The van der Waals surface area contributed by atoms with Gasteiger partial charge in [0.2, 0.25) is 0 Å². The topological polar surface area (TPSA) is 35.6 Å². The molecule has 2 saturated heterocycles. The highest BCUT2D eigenvalue weighted by atomic mass is 16.2. The first-order valence-electron chi connectivity index (χ1n) is 12.5. The van der Waals surface area contributed by atoms with Gasteiger partial charge in [-0.3, -0.25) is 15.1 Å². The highest BCUT2D eigenvalue weighted by molar-refractivity contribution is 5.93. The molecule has 2 aromatic rings. The van der Waals surface area contributed by atoms with Crippen molar-refractivity contribution in [2.45, 2.75) is 70.4 Å². The van der Waals surface area contributed by atoms with E-state index in [0.717, 1.165) is 24.7 Å². The molecule has 3 fully saturated rings. The van der Waals surface area contributed by atoms with Gasteiger partial charge in [-0.15, -0.1) is 0 Å². The number of nitrogens with zero attached hydrogens (tertiary/aromatic N) is 2. The van der Waals surface area contributed by atoms with Crippen LogP contribution in [-0.4, -0.2) is 41.5 Å². The molecular weight excluding hydrogens is 394 g/mol. The molecule has 5 rings (SSSR count). The highest BCUT2D eigenvalue weighted by Crippen LogP contribution is 2.53. The van der Waals surface area contributed by atoms with Crippen LogP contribution in [0.15, 0.2) is 54.6 Å². The van der Waals surface area contributed by atoms with Crippen LogP contribution in [-0.2, 0) is 0 Å². The van der Waals surface area contributed by atoms with E-state index in [4.69, 9.17) is 0 Å². The summed E-state index contributed by atoms with van der Waals surface area (Å²) >= 11 is 0. The van der Waals surface area contributed by atoms with Crippen LogP contribution in [0.1, 0.15) is 85.8 Å². The second-order valence-electron chi connectivity index (χ2n) is 10.5. The van der Waals surface area contributed by atoms with Crippen molar-refractivity contribution in [2.24, 2.45) is 5.41 Å². The van der Waals surface area contributed by atoms with Crippen molar-refractivity contribution in [3.05, 3.63) is 71.3 Å². The molecule has 0 aromatic heterocycles. The highest BCUT2D eigenvalue weighted by Gasteiger charge is 2.50. The first-order chi connectivity index (χ1) is 15.5. The summed E-state index contributed by atoms with van der Waals surface area (Å²) in [6.45, 7) is 7.81. The number of piperidine rings is 1. The SMILES string of the molecule is CC(C)c1ccccc1C1CCCN1C1CC2(CCN(NC(=O)c3ccccc3)CC2)C1. The van der Waals surface area contributed by atoms with Crippen molar-refractivity contribution < 1.29 is 4.79 Å². The minimum absolute atomic E-state index is 0.0109. The zero-order valence-corrected chi connectivity index (χ0v) is 19.6. The van der Waals surface area contributed by atoms with E-state index in [-0.39, 0.29) is 5.91 Å². The Kier molecular flexibility index (Phi) is 6.09. The molecule has 1 aliphatic carbocycles. The maximum Gasteiger partial charge on any atom is 0.265 e. The molecule has 0 bridgehead atoms. The number of likely N-dealkylation sites (tertiary alicyclic amines) is 1. The Balaban J connectivity index is 1.16. The number of nitrogens with one attached hydrogen (secondary N) is 1. The lowest BCUT2D eigenvalue weighted by molar-refractivity contribution is -0.0541. The van der Waals surface area contributed by atoms with Crippen molar-refractivity contribution >= 4 is 5.91 Å². The zero-order valence-electron chi connectivity index (χ0n) is 19.6. The summed E-state index contributed by atoms with van der Waals surface area (Å²) < 4.78 is 0. The normalized spacial score (nSPS) is 24.0. The molecule has 2 aliphatic heterocycles. The van der Waals surface area contributed by atoms with Crippen LogP contribution in [0.3, 0.4) is 0 Å². The van der Waals surface area contributed by atoms with Crippen LogP contribution in [0.4, 0.5) is 0 Å². The molecule has 0 radical (unpaired) electrons. The maximum atomic E-state index is 12.5. The van der Waals surface area contributed by atoms with Gasteiger partial charge < -0.3 is 0 Å². The lowest BCUT2D eigenvalue weighted by Crippen LogP contribution is -2.57. The molecule has 1 atom stereocenters. The van der Waals surface area contributed by atoms with Crippen molar-refractivity contribution in [2.75, 3.05) is 19.6 Å². The Bertz CT molecular complexity index is 925. The van der Waals surface area contributed by atoms with Crippen molar-refractivity contribution in [1.29, 1.82) is 0 Å². The summed E-state index contributed by atoms with van der Waals surface area (Å²) in [4.78, 5) is 15.3. The third kappa shape index (κ3) is 4.23. The maximum absolute atomic E-state index is 12.5. The quantitative estimate of drug-likeness (QED) is 0.675. The largest absolute Gasteiger partial charge is 0.293 e. The molecule has 32 heavy (non-hydrogen) atoms. The Morgan fingerprint density at radius 2 is 1.66 bits per heavy atom. The summed E-state index contributed by atoms with van der Waals surface area (Å²) in [6, 6.07) is 20.0. The average molecular weight is 432 g/mol. The van der Waals surface area contributed by atoms with Gasteiger partial charge in [-0.05, 0) is 79.7 Å². The lowest BCUT2D eigenvalue weighted by Gasteiger charge is -2.55. The zero-order chi connectivity index (χ0) is 22.1. The fraction of sp³-hybridized carbons (Fsp3) is 0.536. The molecule has 1 amide bonds. The monoisotopic (exact) mass is 431 g/mol. The van der Waals surface area contributed by atoms with E-state index in [1.807, 2.05) is 30.3 Å². The first kappa shape index (κ1) is 21.7. The van der Waals surface area contributed by atoms with Gasteiger partial charge in [0.05, 0.1) is 0 Å². The number of carbonyl (C=O) groups excluding carboxylic acids is 1.